The molecule has 1 heterocycles. The Bertz CT molecular complexity index is 636. The van der Waals surface area contributed by atoms with Crippen LogP contribution in [0.15, 0.2) is 53.0 Å². The first-order valence-corrected chi connectivity index (χ1v) is 7.54. The smallest absolute Gasteiger partial charge is 0.227 e. The van der Waals surface area contributed by atoms with E-state index in [1.807, 2.05) is 19.2 Å². The summed E-state index contributed by atoms with van der Waals surface area (Å²) in [5.74, 6) is 0.474. The van der Waals surface area contributed by atoms with Crippen LogP contribution >= 0.6 is 15.9 Å². The van der Waals surface area contributed by atoms with E-state index in [-0.39, 0.29) is 11.8 Å². The van der Waals surface area contributed by atoms with E-state index in [1.54, 1.807) is 4.90 Å². The van der Waals surface area contributed by atoms with Crippen molar-refractivity contribution in [3.63, 3.8) is 0 Å². The summed E-state index contributed by atoms with van der Waals surface area (Å²) >= 11 is 3.45. The fourth-order valence-corrected chi connectivity index (χ4v) is 3.08. The monoisotopic (exact) mass is 329 g/mol. The van der Waals surface area contributed by atoms with Gasteiger partial charge in [0.1, 0.15) is 0 Å². The Morgan fingerprint density at radius 1 is 1.15 bits per heavy atom. The standard InChI is InChI=1S/C17H16BrNO/c1-19-16-5-3-2-4-15(16)13(11-17(19)20)10-12-6-8-14(18)9-7-12/h2-9,13H,10-11H2,1H3. The molecule has 0 aromatic heterocycles. The predicted molar refractivity (Wildman–Crippen MR) is 85.1 cm³/mol. The Balaban J connectivity index is 1.92. The molecule has 102 valence electrons. The zero-order valence-electron chi connectivity index (χ0n) is 11.3. The van der Waals surface area contributed by atoms with Gasteiger partial charge in [-0.05, 0) is 41.7 Å². The number of nitrogens with zero attached hydrogens (tertiary/aromatic N) is 1. The molecule has 1 atom stereocenters. The van der Waals surface area contributed by atoms with E-state index in [2.05, 4.69) is 52.3 Å². The van der Waals surface area contributed by atoms with Gasteiger partial charge in [-0.3, -0.25) is 4.79 Å². The molecule has 0 bridgehead atoms. The van der Waals surface area contributed by atoms with Crippen molar-refractivity contribution >= 4 is 27.5 Å². The molecule has 0 fully saturated rings. The lowest BCUT2D eigenvalue weighted by Crippen LogP contribution is -2.33. The molecule has 1 aliphatic heterocycles. The normalized spacial score (nSPS) is 18.0. The third-order valence-corrected chi connectivity index (χ3v) is 4.46. The molecule has 0 saturated heterocycles. The van der Waals surface area contributed by atoms with Gasteiger partial charge in [-0.1, -0.05) is 46.3 Å². The second kappa shape index (κ2) is 5.41. The van der Waals surface area contributed by atoms with Gasteiger partial charge >= 0.3 is 0 Å². The van der Waals surface area contributed by atoms with Crippen LogP contribution in [0, 0.1) is 0 Å². The molecular formula is C17H16BrNO. The second-order valence-electron chi connectivity index (χ2n) is 5.24. The van der Waals surface area contributed by atoms with Crippen LogP contribution in [-0.2, 0) is 11.2 Å². The Morgan fingerprint density at radius 2 is 1.85 bits per heavy atom. The number of amides is 1. The van der Waals surface area contributed by atoms with Crippen LogP contribution in [0.25, 0.3) is 0 Å². The summed E-state index contributed by atoms with van der Waals surface area (Å²) < 4.78 is 1.08. The number of hydrogen-bond acceptors (Lipinski definition) is 1. The number of halogens is 1. The van der Waals surface area contributed by atoms with Crippen molar-refractivity contribution in [2.45, 2.75) is 18.8 Å². The fraction of sp³-hybridized carbons (Fsp3) is 0.235. The molecule has 1 aliphatic rings. The molecule has 2 nitrogen and oxygen atoms in total. The summed E-state index contributed by atoms with van der Waals surface area (Å²) in [6.45, 7) is 0. The molecule has 1 amide bonds. The van der Waals surface area contributed by atoms with Crippen molar-refractivity contribution in [2.24, 2.45) is 0 Å². The van der Waals surface area contributed by atoms with E-state index in [0.717, 1.165) is 16.6 Å². The molecule has 1 unspecified atom stereocenters. The fourth-order valence-electron chi connectivity index (χ4n) is 2.82. The largest absolute Gasteiger partial charge is 0.315 e. The number of rotatable bonds is 2. The number of hydrogen-bond donors (Lipinski definition) is 0. The van der Waals surface area contributed by atoms with Crippen molar-refractivity contribution in [3.8, 4) is 0 Å². The third kappa shape index (κ3) is 2.50. The average Bonchev–Trinajstić information content (AvgIpc) is 2.47. The van der Waals surface area contributed by atoms with Crippen LogP contribution < -0.4 is 4.90 Å². The Labute approximate surface area is 127 Å². The molecule has 2 aromatic rings. The number of para-hydroxylation sites is 1. The summed E-state index contributed by atoms with van der Waals surface area (Å²) in [6, 6.07) is 16.6. The van der Waals surface area contributed by atoms with Gasteiger partial charge in [0.15, 0.2) is 0 Å². The lowest BCUT2D eigenvalue weighted by Gasteiger charge is -2.31. The first-order valence-electron chi connectivity index (χ1n) is 6.75. The zero-order chi connectivity index (χ0) is 14.1. The van der Waals surface area contributed by atoms with Crippen molar-refractivity contribution in [1.29, 1.82) is 0 Å². The molecule has 0 spiro atoms. The quantitative estimate of drug-likeness (QED) is 0.810. The van der Waals surface area contributed by atoms with Gasteiger partial charge in [0.05, 0.1) is 0 Å². The maximum atomic E-state index is 12.1. The van der Waals surface area contributed by atoms with Gasteiger partial charge in [0, 0.05) is 23.6 Å². The number of benzene rings is 2. The second-order valence-corrected chi connectivity index (χ2v) is 6.16. The molecule has 0 radical (unpaired) electrons. The molecule has 0 aliphatic carbocycles. The molecule has 3 heteroatoms. The summed E-state index contributed by atoms with van der Waals surface area (Å²) in [4.78, 5) is 13.9. The summed E-state index contributed by atoms with van der Waals surface area (Å²) in [5.41, 5.74) is 3.59. The lowest BCUT2D eigenvalue weighted by molar-refractivity contribution is -0.119. The number of anilines is 1. The van der Waals surface area contributed by atoms with Crippen molar-refractivity contribution < 1.29 is 4.79 Å². The average molecular weight is 330 g/mol. The van der Waals surface area contributed by atoms with Crippen LogP contribution in [0.5, 0.6) is 0 Å². The topological polar surface area (TPSA) is 20.3 Å². The molecule has 0 saturated carbocycles. The Hall–Kier alpha value is -1.61. The van der Waals surface area contributed by atoms with E-state index in [1.165, 1.54) is 11.1 Å². The third-order valence-electron chi connectivity index (χ3n) is 3.93. The van der Waals surface area contributed by atoms with Gasteiger partial charge in [-0.2, -0.15) is 0 Å². The van der Waals surface area contributed by atoms with Crippen LogP contribution in [0.2, 0.25) is 0 Å². The summed E-state index contributed by atoms with van der Waals surface area (Å²) in [5, 5.41) is 0. The number of carbonyl (C=O) groups excluding carboxylic acids is 1. The van der Waals surface area contributed by atoms with Crippen molar-refractivity contribution in [2.75, 3.05) is 11.9 Å². The zero-order valence-corrected chi connectivity index (χ0v) is 12.9. The first kappa shape index (κ1) is 13.4. The van der Waals surface area contributed by atoms with E-state index < -0.39 is 0 Å². The number of fused-ring (bicyclic) bond motifs is 1. The van der Waals surface area contributed by atoms with Crippen molar-refractivity contribution in [3.05, 3.63) is 64.1 Å². The van der Waals surface area contributed by atoms with E-state index >= 15 is 0 Å². The van der Waals surface area contributed by atoms with E-state index in [9.17, 15) is 4.79 Å². The van der Waals surface area contributed by atoms with Crippen LogP contribution in [0.3, 0.4) is 0 Å². The molecule has 20 heavy (non-hydrogen) atoms. The molecular weight excluding hydrogens is 314 g/mol. The highest BCUT2D eigenvalue weighted by atomic mass is 79.9. The van der Waals surface area contributed by atoms with E-state index in [0.29, 0.717) is 6.42 Å². The van der Waals surface area contributed by atoms with Crippen LogP contribution in [-0.4, -0.2) is 13.0 Å². The predicted octanol–water partition coefficient (Wildman–Crippen LogP) is 4.14. The number of carbonyl (C=O) groups is 1. The van der Waals surface area contributed by atoms with Gasteiger partial charge in [-0.25, -0.2) is 0 Å². The van der Waals surface area contributed by atoms with Crippen molar-refractivity contribution in [1.82, 2.24) is 0 Å². The highest BCUT2D eigenvalue weighted by molar-refractivity contribution is 9.10. The van der Waals surface area contributed by atoms with Gasteiger partial charge < -0.3 is 4.90 Å². The van der Waals surface area contributed by atoms with Gasteiger partial charge in [0.25, 0.3) is 0 Å². The maximum absolute atomic E-state index is 12.1. The molecule has 3 rings (SSSR count). The van der Waals surface area contributed by atoms with Gasteiger partial charge in [0.2, 0.25) is 5.91 Å². The van der Waals surface area contributed by atoms with E-state index in [4.69, 9.17) is 0 Å². The molecule has 0 N–H and O–H groups in total. The van der Waals surface area contributed by atoms with Gasteiger partial charge in [-0.15, -0.1) is 0 Å². The highest BCUT2D eigenvalue weighted by Gasteiger charge is 2.28. The minimum Gasteiger partial charge on any atom is -0.315 e. The highest BCUT2D eigenvalue weighted by Crippen LogP contribution is 2.37. The first-order chi connectivity index (χ1) is 9.65. The van der Waals surface area contributed by atoms with Crippen LogP contribution in [0.1, 0.15) is 23.5 Å². The summed E-state index contributed by atoms with van der Waals surface area (Å²) in [6.07, 6.45) is 1.49. The van der Waals surface area contributed by atoms with Crippen LogP contribution in [0.4, 0.5) is 5.69 Å². The minimum absolute atomic E-state index is 0.200. The Kier molecular flexibility index (Phi) is 3.62. The maximum Gasteiger partial charge on any atom is 0.227 e. The lowest BCUT2D eigenvalue weighted by atomic mass is 9.85. The summed E-state index contributed by atoms with van der Waals surface area (Å²) in [7, 11) is 1.86. The molecule has 2 aromatic carbocycles. The SMILES string of the molecule is CN1C(=O)CC(Cc2ccc(Br)cc2)c2ccccc21. The Morgan fingerprint density at radius 3 is 2.60 bits per heavy atom. The minimum atomic E-state index is 0.200.